The number of allylic oxidation sites excluding steroid dienone is 2. The molecule has 8 heteroatoms. The minimum Gasteiger partial charge on any atom is -0.457 e. The van der Waals surface area contributed by atoms with E-state index < -0.39 is 0 Å². The lowest BCUT2D eigenvalue weighted by atomic mass is 9.39. The highest BCUT2D eigenvalue weighted by molar-refractivity contribution is 5.38. The van der Waals surface area contributed by atoms with E-state index in [1.54, 1.807) is 0 Å². The number of rotatable bonds is 22. The Labute approximate surface area is 576 Å². The van der Waals surface area contributed by atoms with E-state index in [0.29, 0.717) is 41.1 Å². The van der Waals surface area contributed by atoms with Gasteiger partial charge < -0.3 is 9.47 Å². The fourth-order valence-electron chi connectivity index (χ4n) is 24.7. The number of benzene rings is 4. The van der Waals surface area contributed by atoms with Gasteiger partial charge in [0.05, 0.1) is 18.8 Å². The fourth-order valence-corrected chi connectivity index (χ4v) is 24.7. The summed E-state index contributed by atoms with van der Waals surface area (Å²) in [5.74, 6) is 13.9. The van der Waals surface area contributed by atoms with Gasteiger partial charge in [-0.25, -0.2) is 19.6 Å². The van der Waals surface area contributed by atoms with E-state index in [0.717, 1.165) is 119 Å². The zero-order valence-electron chi connectivity index (χ0n) is 62.0. The van der Waals surface area contributed by atoms with Gasteiger partial charge in [0.1, 0.15) is 29.1 Å². The van der Waals surface area contributed by atoms with Gasteiger partial charge in [0.25, 0.3) is 0 Å². The molecule has 0 heterocycles. The van der Waals surface area contributed by atoms with Gasteiger partial charge in [0.15, 0.2) is 0 Å². The summed E-state index contributed by atoms with van der Waals surface area (Å²) >= 11 is 0. The van der Waals surface area contributed by atoms with E-state index in [1.165, 1.54) is 125 Å². The second kappa shape index (κ2) is 30.0. The predicted molar refractivity (Wildman–Crippen MR) is 387 cm³/mol. The summed E-state index contributed by atoms with van der Waals surface area (Å²) in [7, 11) is 0. The third kappa shape index (κ3) is 14.7. The van der Waals surface area contributed by atoms with Crippen molar-refractivity contribution in [1.82, 2.24) is 0 Å². The van der Waals surface area contributed by atoms with Crippen LogP contribution in [0.3, 0.4) is 0 Å². The molecule has 12 rings (SSSR count). The fraction of sp³-hybridized carbons (Fsp3) is 0.701. The summed E-state index contributed by atoms with van der Waals surface area (Å²) in [6, 6.07) is 33.8. The molecule has 22 unspecified atom stereocenters. The number of hydrogen-bond acceptors (Lipinski definition) is 8. The number of hydrogen-bond donors (Lipinski definition) is 2. The molecule has 4 aromatic rings. The largest absolute Gasteiger partial charge is 0.457 e. The first-order chi connectivity index (χ1) is 45.4. The summed E-state index contributed by atoms with van der Waals surface area (Å²) in [5.41, 5.74) is 7.74. The molecule has 8 nitrogen and oxygen atoms in total. The maximum absolute atomic E-state index is 10.6. The van der Waals surface area contributed by atoms with Crippen molar-refractivity contribution < 1.29 is 39.5 Å². The Morgan fingerprint density at radius 3 is 1.54 bits per heavy atom. The van der Waals surface area contributed by atoms with E-state index in [9.17, 15) is 10.5 Å². The van der Waals surface area contributed by atoms with Crippen molar-refractivity contribution in [2.75, 3.05) is 6.61 Å². The van der Waals surface area contributed by atoms with Crippen molar-refractivity contribution in [2.45, 2.75) is 263 Å². The molecule has 8 saturated carbocycles. The Morgan fingerprint density at radius 2 is 1.01 bits per heavy atom. The van der Waals surface area contributed by atoms with Crippen LogP contribution in [0.2, 0.25) is 0 Å². The van der Waals surface area contributed by atoms with Crippen LogP contribution >= 0.6 is 0 Å². The molecular formula is C87H128O8. The van der Waals surface area contributed by atoms with Gasteiger partial charge in [-0.3, -0.25) is 10.5 Å². The highest BCUT2D eigenvalue weighted by Crippen LogP contribution is 2.74. The maximum Gasteiger partial charge on any atom is 0.127 e. The second-order valence-corrected chi connectivity index (χ2v) is 35.4. The lowest BCUT2D eigenvalue weighted by Gasteiger charge is -2.67. The maximum atomic E-state index is 10.6. The molecule has 95 heavy (non-hydrogen) atoms. The molecule has 2 N–H and O–H groups in total. The normalized spacial score (nSPS) is 36.5. The molecule has 8 fully saturated rings. The van der Waals surface area contributed by atoms with Crippen LogP contribution in [0.1, 0.15) is 260 Å². The first kappa shape index (κ1) is 72.2. The second-order valence-electron chi connectivity index (χ2n) is 35.4. The van der Waals surface area contributed by atoms with Crippen molar-refractivity contribution >= 4 is 0 Å². The summed E-state index contributed by atoms with van der Waals surface area (Å²) in [4.78, 5) is 22.5. The van der Waals surface area contributed by atoms with E-state index in [2.05, 4.69) is 176 Å². The molecule has 0 radical (unpaired) electrons. The molecule has 22 atom stereocenters. The topological polar surface area (TPSA) is 95.8 Å². The standard InChI is InChI=1S/C54H70O4.C33H58O4/c1-35(2)9-8-10-38(5)48-27-28-49-47-34-46(39-15-23-44(24-16-39)56-42-19-11-36(3)12-20-42)51-33-41(29-31-54(51,7)50(47)30-32-53(48,49)6)52(58-55)40-17-25-45(26-18-40)57-43-21-13-37(4)14-22-43;1-10-35-37-29-20-24-27-15-14-25(22(4)13-11-12-21(2)3)32(27,8)18-17-28(24)33(9)19-16-26(23(5)36-34)31(6,7)30(29)33/h11-26,35,38,41,46-52,55H,8-10,27-34H2,1-7H3;12,22-30,34H,10-11,13-20H2,1-9H3. The molecule has 524 valence electrons. The van der Waals surface area contributed by atoms with Crippen LogP contribution in [0.25, 0.3) is 0 Å². The average Bonchev–Trinajstić information content (AvgIpc) is 1.41. The van der Waals surface area contributed by atoms with Crippen molar-refractivity contribution in [1.29, 1.82) is 0 Å². The van der Waals surface area contributed by atoms with Crippen molar-refractivity contribution in [3.05, 3.63) is 131 Å². The zero-order chi connectivity index (χ0) is 67.8. The molecular weight excluding hydrogens is 1170 g/mol. The monoisotopic (exact) mass is 1300 g/mol. The lowest BCUT2D eigenvalue weighted by Crippen LogP contribution is -2.64. The van der Waals surface area contributed by atoms with Gasteiger partial charge in [-0.15, -0.1) is 0 Å². The molecule has 0 aromatic heterocycles. The molecule has 8 aliphatic rings. The van der Waals surface area contributed by atoms with E-state index in [-0.39, 0.29) is 40.5 Å². The highest BCUT2D eigenvalue weighted by atomic mass is 17.2. The zero-order valence-corrected chi connectivity index (χ0v) is 62.0. The minimum absolute atomic E-state index is 0.000285. The Hall–Kier alpha value is -4.02. The van der Waals surface area contributed by atoms with Crippen LogP contribution < -0.4 is 9.47 Å². The predicted octanol–water partition coefficient (Wildman–Crippen LogP) is 24.7. The SMILES string of the molecule is CCOOC1CC2C3CCC(C(C)CCC=C(C)C)C3(C)CCC2C2(C)CCC(C(C)OO)C(C)(C)C12.Cc1ccc(Oc2ccc(C3CC4C5CCC(C(C)CCCC(C)C)C5(C)CCC4C4(C)CCC(C(OO)c5ccc(Oc6ccc(C)cc6)cc5)CC34)cc2)cc1. The molecule has 0 aliphatic heterocycles. The molecule has 0 amide bonds. The minimum atomic E-state index is -0.371. The number of ether oxygens (including phenoxy) is 2. The Morgan fingerprint density at radius 1 is 0.516 bits per heavy atom. The van der Waals surface area contributed by atoms with Gasteiger partial charge in [0, 0.05) is 0 Å². The van der Waals surface area contributed by atoms with E-state index in [1.807, 2.05) is 38.1 Å². The summed E-state index contributed by atoms with van der Waals surface area (Å²) < 4.78 is 12.5. The van der Waals surface area contributed by atoms with Crippen LogP contribution in [0.4, 0.5) is 0 Å². The van der Waals surface area contributed by atoms with Crippen LogP contribution in [-0.2, 0) is 19.6 Å². The molecule has 4 aromatic carbocycles. The Kier molecular flexibility index (Phi) is 22.8. The number of fused-ring (bicyclic) bond motifs is 10. The molecule has 0 spiro atoms. The lowest BCUT2D eigenvalue weighted by molar-refractivity contribution is -0.372. The van der Waals surface area contributed by atoms with Crippen LogP contribution in [-0.4, -0.2) is 29.3 Å². The van der Waals surface area contributed by atoms with Crippen LogP contribution in [0, 0.1) is 130 Å². The Balaban J connectivity index is 0.000000214. The van der Waals surface area contributed by atoms with Gasteiger partial charge in [0.2, 0.25) is 0 Å². The highest BCUT2D eigenvalue weighted by Gasteiger charge is 2.68. The smallest absolute Gasteiger partial charge is 0.127 e. The molecule has 0 bridgehead atoms. The van der Waals surface area contributed by atoms with E-state index >= 15 is 0 Å². The first-order valence-electron chi connectivity index (χ1n) is 38.6. The van der Waals surface area contributed by atoms with Gasteiger partial charge in [-0.05, 0) is 332 Å². The molecule has 8 aliphatic carbocycles. The quantitative estimate of drug-likeness (QED) is 0.0456. The van der Waals surface area contributed by atoms with Crippen LogP contribution in [0.5, 0.6) is 23.0 Å². The number of aryl methyl sites for hydroxylation is 2. The van der Waals surface area contributed by atoms with Crippen molar-refractivity contribution in [3.63, 3.8) is 0 Å². The van der Waals surface area contributed by atoms with Gasteiger partial charge >= 0.3 is 0 Å². The Bertz CT molecular complexity index is 3110. The van der Waals surface area contributed by atoms with E-state index in [4.69, 9.17) is 29.0 Å². The summed E-state index contributed by atoms with van der Waals surface area (Å²) in [5, 5.41) is 20.2. The third-order valence-electron chi connectivity index (χ3n) is 29.1. The van der Waals surface area contributed by atoms with Crippen molar-refractivity contribution in [3.8, 4) is 23.0 Å². The third-order valence-corrected chi connectivity index (χ3v) is 29.1. The molecule has 0 saturated heterocycles. The summed E-state index contributed by atoms with van der Waals surface area (Å²) in [6.45, 7) is 38.6. The first-order valence-corrected chi connectivity index (χ1v) is 38.6. The van der Waals surface area contributed by atoms with Crippen molar-refractivity contribution in [2.24, 2.45) is 116 Å². The average molecular weight is 1300 g/mol. The van der Waals surface area contributed by atoms with Gasteiger partial charge in [-0.2, -0.15) is 0 Å². The van der Waals surface area contributed by atoms with Gasteiger partial charge in [-0.1, -0.05) is 160 Å². The summed E-state index contributed by atoms with van der Waals surface area (Å²) in [6.07, 6.45) is 27.7. The van der Waals surface area contributed by atoms with Crippen LogP contribution in [0.15, 0.2) is 109 Å².